The number of hydrogen-bond donors (Lipinski definition) is 0. The van der Waals surface area contributed by atoms with E-state index in [1.54, 1.807) is 6.92 Å². The normalized spacial score (nSPS) is 11.8. The first-order valence-electron chi connectivity index (χ1n) is 3.63. The van der Waals surface area contributed by atoms with Gasteiger partial charge in [-0.2, -0.15) is 13.2 Å². The van der Waals surface area contributed by atoms with Gasteiger partial charge in [-0.3, -0.25) is 4.79 Å². The maximum atomic E-state index is 12.3. The lowest BCUT2D eigenvalue weighted by Crippen LogP contribution is -2.09. The predicted molar refractivity (Wildman–Crippen MR) is 46.7 cm³/mol. The van der Waals surface area contributed by atoms with Crippen molar-refractivity contribution in [2.45, 2.75) is 19.5 Å². The Bertz CT molecular complexity index is 360. The molecule has 7 heteroatoms. The number of aryl methyl sites for hydroxylation is 1. The van der Waals surface area contributed by atoms with E-state index in [1.807, 2.05) is 0 Å². The number of carbonyl (C=O) groups excluding carboxylic acids is 1. The van der Waals surface area contributed by atoms with Crippen LogP contribution >= 0.6 is 22.9 Å². The summed E-state index contributed by atoms with van der Waals surface area (Å²) >= 11 is 5.70. The molecular weight excluding hydrogens is 239 g/mol. The van der Waals surface area contributed by atoms with E-state index in [0.717, 1.165) is 0 Å². The van der Waals surface area contributed by atoms with Gasteiger partial charge in [0, 0.05) is 0 Å². The van der Waals surface area contributed by atoms with Gasteiger partial charge in [0.1, 0.15) is 4.88 Å². The molecule has 1 aromatic rings. The minimum Gasteiger partial charge on any atom is -0.275 e. The Morgan fingerprint density at radius 3 is 2.43 bits per heavy atom. The van der Waals surface area contributed by atoms with Crippen LogP contribution in [0.15, 0.2) is 0 Å². The second kappa shape index (κ2) is 3.86. The molecule has 0 saturated heterocycles. The molecule has 0 unspecified atom stereocenters. The van der Waals surface area contributed by atoms with Gasteiger partial charge in [-0.1, -0.05) is 6.92 Å². The number of hydrogen-bond acceptors (Lipinski definition) is 3. The van der Waals surface area contributed by atoms with Gasteiger partial charge in [-0.05, 0) is 18.0 Å². The fourth-order valence-corrected chi connectivity index (χ4v) is 1.90. The Morgan fingerprint density at radius 2 is 2.14 bits per heavy atom. The molecule has 0 aliphatic heterocycles. The second-order valence-corrected chi connectivity index (χ2v) is 3.84. The Hall–Kier alpha value is -0.620. The van der Waals surface area contributed by atoms with Crippen molar-refractivity contribution in [3.8, 4) is 0 Å². The molecule has 0 bridgehead atoms. The lowest BCUT2D eigenvalue weighted by atomic mass is 10.3. The van der Waals surface area contributed by atoms with Crippen molar-refractivity contribution in [3.05, 3.63) is 15.6 Å². The lowest BCUT2D eigenvalue weighted by Gasteiger charge is -2.02. The van der Waals surface area contributed by atoms with Crippen LogP contribution in [0.4, 0.5) is 13.2 Å². The molecule has 0 saturated carbocycles. The first kappa shape index (κ1) is 11.5. The third kappa shape index (κ3) is 2.24. The van der Waals surface area contributed by atoms with Crippen LogP contribution in [0.2, 0.25) is 0 Å². The van der Waals surface area contributed by atoms with Crippen molar-refractivity contribution < 1.29 is 18.0 Å². The second-order valence-electron chi connectivity index (χ2n) is 2.41. The van der Waals surface area contributed by atoms with E-state index >= 15 is 0 Å². The zero-order valence-electron chi connectivity index (χ0n) is 6.98. The van der Waals surface area contributed by atoms with Gasteiger partial charge < -0.3 is 0 Å². The number of halogens is 4. The molecular formula is C7H5ClF3NOS. The van der Waals surface area contributed by atoms with E-state index in [0.29, 0.717) is 17.8 Å². The number of aromatic nitrogens is 1. The topological polar surface area (TPSA) is 30.0 Å². The lowest BCUT2D eigenvalue weighted by molar-refractivity contribution is -0.141. The van der Waals surface area contributed by atoms with Gasteiger partial charge >= 0.3 is 6.18 Å². The van der Waals surface area contributed by atoms with Crippen LogP contribution < -0.4 is 0 Å². The number of thiazole rings is 1. The Balaban J connectivity index is 3.26. The zero-order valence-corrected chi connectivity index (χ0v) is 8.56. The van der Waals surface area contributed by atoms with Crippen LogP contribution in [0.5, 0.6) is 0 Å². The predicted octanol–water partition coefficient (Wildman–Crippen LogP) is 3.10. The highest BCUT2D eigenvalue weighted by molar-refractivity contribution is 7.15. The number of carbonyl (C=O) groups is 1. The van der Waals surface area contributed by atoms with Crippen molar-refractivity contribution in [1.82, 2.24) is 4.98 Å². The quantitative estimate of drug-likeness (QED) is 0.747. The zero-order chi connectivity index (χ0) is 10.9. The Kier molecular flexibility index (Phi) is 3.16. The number of alkyl halides is 3. The molecule has 0 amide bonds. The minimum atomic E-state index is -4.62. The maximum Gasteiger partial charge on any atom is 0.434 e. The van der Waals surface area contributed by atoms with Gasteiger partial charge in [-0.15, -0.1) is 11.3 Å². The van der Waals surface area contributed by atoms with E-state index in [1.165, 1.54) is 0 Å². The molecule has 0 fully saturated rings. The van der Waals surface area contributed by atoms with Crippen LogP contribution in [-0.2, 0) is 12.6 Å². The van der Waals surface area contributed by atoms with E-state index in [2.05, 4.69) is 4.98 Å². The van der Waals surface area contributed by atoms with Gasteiger partial charge in [0.25, 0.3) is 5.24 Å². The van der Waals surface area contributed by atoms with Crippen LogP contribution in [0.25, 0.3) is 0 Å². The van der Waals surface area contributed by atoms with Crippen LogP contribution in [0.1, 0.15) is 27.3 Å². The van der Waals surface area contributed by atoms with Crippen molar-refractivity contribution in [1.29, 1.82) is 0 Å². The molecule has 0 radical (unpaired) electrons. The highest BCUT2D eigenvalue weighted by atomic mass is 35.5. The molecule has 2 nitrogen and oxygen atoms in total. The average Bonchev–Trinajstić information content (AvgIpc) is 2.46. The fourth-order valence-electron chi connectivity index (χ4n) is 0.841. The standard InChI is InChI=1S/C7H5ClF3NOS/c1-2-3-12-5(7(9,10)11)4(14-3)6(8)13/h2H2,1H3. The fraction of sp³-hybridized carbons (Fsp3) is 0.429. The summed E-state index contributed by atoms with van der Waals surface area (Å²) in [6, 6.07) is 0. The average molecular weight is 244 g/mol. The first-order valence-corrected chi connectivity index (χ1v) is 4.82. The molecule has 78 valence electrons. The molecule has 14 heavy (non-hydrogen) atoms. The molecule has 0 aliphatic carbocycles. The van der Waals surface area contributed by atoms with E-state index in [4.69, 9.17) is 11.6 Å². The summed E-state index contributed by atoms with van der Waals surface area (Å²) in [5.41, 5.74) is -1.18. The molecule has 1 heterocycles. The van der Waals surface area contributed by atoms with E-state index < -0.39 is 22.0 Å². The molecule has 0 aromatic carbocycles. The third-order valence-corrected chi connectivity index (χ3v) is 2.92. The van der Waals surface area contributed by atoms with Crippen LogP contribution in [0, 0.1) is 0 Å². The summed E-state index contributed by atoms with van der Waals surface area (Å²) in [6.07, 6.45) is -4.28. The van der Waals surface area contributed by atoms with Gasteiger partial charge in [-0.25, -0.2) is 4.98 Å². The molecule has 0 N–H and O–H groups in total. The highest BCUT2D eigenvalue weighted by Crippen LogP contribution is 2.35. The summed E-state index contributed by atoms with van der Waals surface area (Å²) in [5.74, 6) is 0. The largest absolute Gasteiger partial charge is 0.434 e. The number of nitrogens with zero attached hydrogens (tertiary/aromatic N) is 1. The van der Waals surface area contributed by atoms with Crippen molar-refractivity contribution in [3.63, 3.8) is 0 Å². The molecule has 0 spiro atoms. The SMILES string of the molecule is CCc1nc(C(F)(F)F)c(C(=O)Cl)s1. The van der Waals surface area contributed by atoms with Gasteiger partial charge in [0.2, 0.25) is 0 Å². The van der Waals surface area contributed by atoms with Crippen LogP contribution in [0.3, 0.4) is 0 Å². The Morgan fingerprint density at radius 1 is 1.57 bits per heavy atom. The smallest absolute Gasteiger partial charge is 0.275 e. The summed E-state index contributed by atoms with van der Waals surface area (Å²) in [4.78, 5) is 13.5. The first-order chi connectivity index (χ1) is 6.36. The molecule has 0 aliphatic rings. The Labute approximate surface area is 86.7 Å². The number of rotatable bonds is 2. The third-order valence-electron chi connectivity index (χ3n) is 1.42. The molecule has 1 aromatic heterocycles. The monoisotopic (exact) mass is 243 g/mol. The minimum absolute atomic E-state index is 0.251. The van der Waals surface area contributed by atoms with Gasteiger partial charge in [0.15, 0.2) is 5.69 Å². The summed E-state index contributed by atoms with van der Waals surface area (Å²) in [7, 11) is 0. The summed E-state index contributed by atoms with van der Waals surface area (Å²) in [6.45, 7) is 1.65. The van der Waals surface area contributed by atoms with Crippen molar-refractivity contribution in [2.75, 3.05) is 0 Å². The molecule has 0 atom stereocenters. The molecule has 1 rings (SSSR count). The van der Waals surface area contributed by atoms with Crippen LogP contribution in [-0.4, -0.2) is 10.2 Å². The highest BCUT2D eigenvalue weighted by Gasteiger charge is 2.38. The summed E-state index contributed by atoms with van der Waals surface area (Å²) < 4.78 is 36.9. The van der Waals surface area contributed by atoms with E-state index in [-0.39, 0.29) is 5.01 Å². The van der Waals surface area contributed by atoms with Crippen molar-refractivity contribution in [2.24, 2.45) is 0 Å². The summed E-state index contributed by atoms with van der Waals surface area (Å²) in [5, 5.41) is -0.865. The maximum absolute atomic E-state index is 12.3. The van der Waals surface area contributed by atoms with Crippen molar-refractivity contribution >= 4 is 28.2 Å². The van der Waals surface area contributed by atoms with Gasteiger partial charge in [0.05, 0.1) is 5.01 Å². The van der Waals surface area contributed by atoms with E-state index in [9.17, 15) is 18.0 Å².